The van der Waals surface area contributed by atoms with Crippen LogP contribution in [0.1, 0.15) is 80.1 Å². The third-order valence-corrected chi connectivity index (χ3v) is 9.43. The second-order valence-corrected chi connectivity index (χ2v) is 13.6. The fourth-order valence-corrected chi connectivity index (χ4v) is 6.60. The van der Waals surface area contributed by atoms with Crippen LogP contribution in [0.15, 0.2) is 90.5 Å². The zero-order chi connectivity index (χ0) is 34.6. The van der Waals surface area contributed by atoms with Gasteiger partial charge in [-0.15, -0.1) is 18.3 Å². The molecule has 0 spiro atoms. The summed E-state index contributed by atoms with van der Waals surface area (Å²) in [5, 5.41) is 18.1. The highest BCUT2D eigenvalue weighted by atomic mass is 32.2. The van der Waals surface area contributed by atoms with E-state index in [1.165, 1.54) is 62.1 Å². The number of hydrogen-bond donors (Lipinski definition) is 4. The molecule has 2 aliphatic rings. The van der Waals surface area contributed by atoms with Crippen LogP contribution < -0.4 is 16.0 Å². The number of likely N-dealkylation sites (N-methyl/N-ethyl adjacent to an activating group) is 1. The first-order chi connectivity index (χ1) is 22.2. The van der Waals surface area contributed by atoms with Crippen molar-refractivity contribution in [3.8, 4) is 0 Å². The Kier molecular flexibility index (Phi) is 27.8. The molecule has 1 saturated heterocycles. The summed E-state index contributed by atoms with van der Waals surface area (Å²) in [6, 6.07) is 10.4. The molecule has 1 aliphatic carbocycles. The molecule has 1 heterocycles. The lowest BCUT2D eigenvalue weighted by atomic mass is 9.73. The van der Waals surface area contributed by atoms with Crippen LogP contribution in [0, 0.1) is 18.8 Å². The Hall–Kier alpha value is -2.09. The number of thioether (sulfide) groups is 1. The molecular formula is C40H72N4OS. The van der Waals surface area contributed by atoms with E-state index < -0.39 is 0 Å². The number of aryl methyl sites for hydroxylation is 1. The molecule has 4 unspecified atom stereocenters. The van der Waals surface area contributed by atoms with Gasteiger partial charge in [0.1, 0.15) is 0 Å². The number of hydrogen-bond acceptors (Lipinski definition) is 6. The SMILES string of the molecule is C=CC(CSc1ccc(C)cc1)NC.C=CNC(C)C.CNCCCN1CC2CCCCC2CC1C.C\C=C/C=C(\C=C/C)CO.[HH]. The van der Waals surface area contributed by atoms with Crippen molar-refractivity contribution in [1.29, 1.82) is 0 Å². The average molecular weight is 657 g/mol. The van der Waals surface area contributed by atoms with Gasteiger partial charge in [-0.3, -0.25) is 0 Å². The predicted molar refractivity (Wildman–Crippen MR) is 210 cm³/mol. The van der Waals surface area contributed by atoms with E-state index >= 15 is 0 Å². The Bertz CT molecular complexity index is 979. The van der Waals surface area contributed by atoms with Crippen LogP contribution in [-0.2, 0) is 0 Å². The Morgan fingerprint density at radius 1 is 1.09 bits per heavy atom. The minimum absolute atomic E-state index is 0. The highest BCUT2D eigenvalue weighted by Gasteiger charge is 2.34. The van der Waals surface area contributed by atoms with E-state index in [2.05, 4.69) is 93.0 Å². The molecule has 1 aliphatic heterocycles. The van der Waals surface area contributed by atoms with E-state index in [-0.39, 0.29) is 8.03 Å². The Morgan fingerprint density at radius 3 is 2.26 bits per heavy atom. The second-order valence-electron chi connectivity index (χ2n) is 12.5. The minimum Gasteiger partial charge on any atom is -0.392 e. The van der Waals surface area contributed by atoms with Crippen molar-refractivity contribution >= 4 is 11.8 Å². The number of nitrogens with one attached hydrogen (secondary N) is 3. The van der Waals surface area contributed by atoms with Gasteiger partial charge < -0.3 is 26.0 Å². The van der Waals surface area contributed by atoms with Gasteiger partial charge in [0.25, 0.3) is 0 Å². The molecule has 1 saturated carbocycles. The van der Waals surface area contributed by atoms with Gasteiger partial charge in [-0.25, -0.2) is 0 Å². The first-order valence-electron chi connectivity index (χ1n) is 17.5. The zero-order valence-corrected chi connectivity index (χ0v) is 31.5. The van der Waals surface area contributed by atoms with Crippen molar-refractivity contribution in [3.05, 3.63) is 91.2 Å². The monoisotopic (exact) mass is 657 g/mol. The number of aliphatic hydroxyl groups excluding tert-OH is 1. The Morgan fingerprint density at radius 2 is 1.76 bits per heavy atom. The predicted octanol–water partition coefficient (Wildman–Crippen LogP) is 8.79. The van der Waals surface area contributed by atoms with Crippen molar-refractivity contribution in [3.63, 3.8) is 0 Å². The van der Waals surface area contributed by atoms with Crippen molar-refractivity contribution < 1.29 is 6.53 Å². The lowest BCUT2D eigenvalue weighted by Crippen LogP contribution is -2.47. The molecule has 1 aromatic carbocycles. The first-order valence-corrected chi connectivity index (χ1v) is 18.5. The number of benzene rings is 1. The van der Waals surface area contributed by atoms with E-state index in [1.807, 2.05) is 69.1 Å². The van der Waals surface area contributed by atoms with E-state index in [0.717, 1.165) is 35.7 Å². The third kappa shape index (κ3) is 21.7. The van der Waals surface area contributed by atoms with Crippen molar-refractivity contribution in [2.75, 3.05) is 46.1 Å². The molecule has 0 bridgehead atoms. The summed E-state index contributed by atoms with van der Waals surface area (Å²) in [6.45, 7) is 23.8. The zero-order valence-electron chi connectivity index (χ0n) is 30.7. The Labute approximate surface area is 290 Å². The number of rotatable bonds is 14. The Balaban J connectivity index is 0. The summed E-state index contributed by atoms with van der Waals surface area (Å²) < 4.78 is 0. The maximum atomic E-state index is 8.73. The molecule has 264 valence electrons. The number of aliphatic hydroxyl groups is 1. The third-order valence-electron chi connectivity index (χ3n) is 8.30. The number of fused-ring (bicyclic) bond motifs is 1. The lowest BCUT2D eigenvalue weighted by molar-refractivity contribution is 0.0457. The quantitative estimate of drug-likeness (QED) is 0.0695. The average Bonchev–Trinajstić information content (AvgIpc) is 3.05. The van der Waals surface area contributed by atoms with E-state index in [9.17, 15) is 0 Å². The fraction of sp³-hybridized carbons (Fsp3) is 0.600. The van der Waals surface area contributed by atoms with Crippen LogP contribution in [0.5, 0.6) is 0 Å². The van der Waals surface area contributed by atoms with Crippen LogP contribution in [-0.4, -0.2) is 74.2 Å². The fourth-order valence-electron chi connectivity index (χ4n) is 5.59. The standard InChI is InChI=1S/C14H28N2.C12H17NS.C9H14O.C5H11N.H2/c1-12-10-13-6-3-4-7-14(13)11-16(12)9-5-8-15-2;1-4-11(13-3)9-14-12-7-5-10(2)6-8-12;1-3-5-7-9(8-10)6-4-2;1-4-6-5(2)3;/h12-15H,3-11H2,1-2H3;4-8,11,13H,1,9H2,2-3H3;3-7,10H,8H2,1-2H3;4-6H,1H2,2-3H3;1H/b;;5-3-,6-4-,9-7+;;. The normalized spacial score (nSPS) is 20.4. The van der Waals surface area contributed by atoms with Gasteiger partial charge in [0.15, 0.2) is 0 Å². The maximum absolute atomic E-state index is 8.73. The van der Waals surface area contributed by atoms with E-state index in [1.54, 1.807) is 6.20 Å². The van der Waals surface area contributed by atoms with Crippen LogP contribution >= 0.6 is 11.8 Å². The van der Waals surface area contributed by atoms with Crippen LogP contribution in [0.2, 0.25) is 0 Å². The van der Waals surface area contributed by atoms with E-state index in [0.29, 0.717) is 12.1 Å². The molecular weight excluding hydrogens is 585 g/mol. The lowest BCUT2D eigenvalue weighted by Gasteiger charge is -2.45. The largest absolute Gasteiger partial charge is 0.392 e. The molecule has 0 radical (unpaired) electrons. The summed E-state index contributed by atoms with van der Waals surface area (Å²) >= 11 is 1.85. The van der Waals surface area contributed by atoms with Gasteiger partial charge >= 0.3 is 0 Å². The van der Waals surface area contributed by atoms with Crippen LogP contribution in [0.3, 0.4) is 0 Å². The van der Waals surface area contributed by atoms with Gasteiger partial charge in [0.05, 0.1) is 6.61 Å². The molecule has 4 N–H and O–H groups in total. The number of allylic oxidation sites excluding steroid dienone is 4. The molecule has 0 aromatic heterocycles. The first kappa shape index (κ1) is 43.9. The summed E-state index contributed by atoms with van der Waals surface area (Å²) in [6.07, 6.45) is 21.9. The van der Waals surface area contributed by atoms with Gasteiger partial charge in [-0.1, -0.05) is 80.0 Å². The molecule has 4 atom stereocenters. The smallest absolute Gasteiger partial charge is 0.0681 e. The molecule has 2 fully saturated rings. The summed E-state index contributed by atoms with van der Waals surface area (Å²) in [5.74, 6) is 3.12. The van der Waals surface area contributed by atoms with Gasteiger partial charge in [-0.2, -0.15) is 0 Å². The highest BCUT2D eigenvalue weighted by Crippen LogP contribution is 2.38. The summed E-state index contributed by atoms with van der Waals surface area (Å²) in [5.41, 5.74) is 2.24. The van der Waals surface area contributed by atoms with Crippen molar-refractivity contribution in [1.82, 2.24) is 20.9 Å². The minimum atomic E-state index is 0. The van der Waals surface area contributed by atoms with Crippen LogP contribution in [0.25, 0.3) is 0 Å². The number of piperidine rings is 1. The molecule has 46 heavy (non-hydrogen) atoms. The second kappa shape index (κ2) is 29.1. The molecule has 5 nitrogen and oxygen atoms in total. The molecule has 3 rings (SSSR count). The van der Waals surface area contributed by atoms with Gasteiger partial charge in [-0.05, 0) is 124 Å². The van der Waals surface area contributed by atoms with Crippen molar-refractivity contribution in [2.45, 2.75) is 103 Å². The number of likely N-dealkylation sites (tertiary alicyclic amines) is 1. The highest BCUT2D eigenvalue weighted by molar-refractivity contribution is 7.99. The molecule has 6 heteroatoms. The molecule has 1 aromatic rings. The van der Waals surface area contributed by atoms with Gasteiger partial charge in [0, 0.05) is 36.7 Å². The summed E-state index contributed by atoms with van der Waals surface area (Å²) in [7, 11) is 4.01. The maximum Gasteiger partial charge on any atom is 0.0681 e. The topological polar surface area (TPSA) is 59.6 Å². The molecule has 0 amide bonds. The van der Waals surface area contributed by atoms with Crippen LogP contribution in [0.4, 0.5) is 0 Å². The van der Waals surface area contributed by atoms with Gasteiger partial charge in [0.2, 0.25) is 0 Å². The number of nitrogens with zero attached hydrogens (tertiary/aromatic N) is 1. The van der Waals surface area contributed by atoms with E-state index in [4.69, 9.17) is 5.11 Å². The summed E-state index contributed by atoms with van der Waals surface area (Å²) in [4.78, 5) is 4.06. The van der Waals surface area contributed by atoms with Crippen molar-refractivity contribution in [2.24, 2.45) is 11.8 Å².